The predicted octanol–water partition coefficient (Wildman–Crippen LogP) is 0.339. The van der Waals surface area contributed by atoms with E-state index in [1.807, 2.05) is 0 Å². The lowest BCUT2D eigenvalue weighted by Crippen LogP contribution is -2.33. The molecule has 0 radical (unpaired) electrons. The van der Waals surface area contributed by atoms with E-state index in [0.29, 0.717) is 0 Å². The van der Waals surface area contributed by atoms with Crippen LogP contribution in [0.3, 0.4) is 0 Å². The third-order valence-corrected chi connectivity index (χ3v) is 0.304. The molecule has 0 aromatic rings. The molecule has 0 saturated heterocycles. The highest BCUT2D eigenvalue weighted by Gasteiger charge is 2.06. The lowest BCUT2D eigenvalue weighted by Gasteiger charge is -1.97. The van der Waals surface area contributed by atoms with E-state index in [4.69, 9.17) is 0 Å². The van der Waals surface area contributed by atoms with Gasteiger partial charge in [0.25, 0.3) is 0 Å². The molecule has 0 fully saturated rings. The summed E-state index contributed by atoms with van der Waals surface area (Å²) in [5.41, 5.74) is 8.54. The number of halogens is 4. The maximum absolute atomic E-state index is 11.1. The zero-order chi connectivity index (χ0) is 5.15. The summed E-state index contributed by atoms with van der Waals surface area (Å²) in [5.74, 6) is 0. The molecule has 0 aromatic heterocycles. The van der Waals surface area contributed by atoms with E-state index < -0.39 is 12.6 Å². The zero-order valence-electron chi connectivity index (χ0n) is 3.88. The van der Waals surface area contributed by atoms with E-state index in [1.165, 1.54) is 0 Å². The second-order valence-electron chi connectivity index (χ2n) is 0.889. The molecule has 2 unspecified atom stereocenters. The molecule has 0 amide bonds. The van der Waals surface area contributed by atoms with E-state index in [2.05, 4.69) is 11.5 Å². The molecule has 0 spiro atoms. The van der Waals surface area contributed by atoms with Crippen molar-refractivity contribution in [3.05, 3.63) is 0 Å². The van der Waals surface area contributed by atoms with Crippen LogP contribution in [-0.2, 0) is 0 Å². The maximum atomic E-state index is 11.1. The molecule has 0 aliphatic carbocycles. The largest absolute Gasteiger partial charge is 0.298 e. The van der Waals surface area contributed by atoms with Gasteiger partial charge in [0, 0.05) is 0 Å². The SMILES string of the molecule is Cl.Cl.NC(F)C(N)F. The van der Waals surface area contributed by atoms with Crippen LogP contribution in [0, 0.1) is 0 Å². The minimum absolute atomic E-state index is 0. The van der Waals surface area contributed by atoms with Crippen LogP contribution in [0.4, 0.5) is 8.78 Å². The summed E-state index contributed by atoms with van der Waals surface area (Å²) in [6, 6.07) is 0. The molecule has 0 rings (SSSR count). The van der Waals surface area contributed by atoms with E-state index >= 15 is 0 Å². The van der Waals surface area contributed by atoms with Gasteiger partial charge < -0.3 is 0 Å². The van der Waals surface area contributed by atoms with Gasteiger partial charge in [0.2, 0.25) is 0 Å². The maximum Gasteiger partial charge on any atom is 0.193 e. The molecule has 8 heavy (non-hydrogen) atoms. The molecule has 4 N–H and O–H groups in total. The Morgan fingerprint density at radius 2 is 1.00 bits per heavy atom. The number of hydrogen-bond donors (Lipinski definition) is 2. The van der Waals surface area contributed by atoms with Gasteiger partial charge in [0.1, 0.15) is 0 Å². The highest BCUT2D eigenvalue weighted by Crippen LogP contribution is 1.85. The van der Waals surface area contributed by atoms with Gasteiger partial charge in [-0.2, -0.15) is 0 Å². The fourth-order valence-corrected chi connectivity index (χ4v) is 0. The Hall–Kier alpha value is 0.360. The number of rotatable bonds is 1. The van der Waals surface area contributed by atoms with Crippen LogP contribution in [0.2, 0.25) is 0 Å². The summed E-state index contributed by atoms with van der Waals surface area (Å²) in [5, 5.41) is 0. The lowest BCUT2D eigenvalue weighted by atomic mass is 10.6. The molecular formula is C2H8Cl2F2N2. The first-order valence-corrected chi connectivity index (χ1v) is 1.44. The Labute approximate surface area is 58.4 Å². The van der Waals surface area contributed by atoms with Crippen molar-refractivity contribution in [2.75, 3.05) is 0 Å². The Bertz CT molecular complexity index is 37.0. The molecule has 54 valence electrons. The molecule has 0 heterocycles. The van der Waals surface area contributed by atoms with Gasteiger partial charge >= 0.3 is 0 Å². The Morgan fingerprint density at radius 1 is 0.875 bits per heavy atom. The van der Waals surface area contributed by atoms with Crippen molar-refractivity contribution in [1.82, 2.24) is 0 Å². The Balaban J connectivity index is -0.000000125. The van der Waals surface area contributed by atoms with Crippen molar-refractivity contribution in [2.24, 2.45) is 11.5 Å². The quantitative estimate of drug-likeness (QED) is 0.556. The fourth-order valence-electron chi connectivity index (χ4n) is 0. The normalized spacial score (nSPS) is 15.0. The van der Waals surface area contributed by atoms with Crippen molar-refractivity contribution < 1.29 is 8.78 Å². The molecule has 2 atom stereocenters. The Kier molecular flexibility index (Phi) is 14.5. The third-order valence-electron chi connectivity index (χ3n) is 0.304. The van der Waals surface area contributed by atoms with Crippen LogP contribution in [0.25, 0.3) is 0 Å². The third kappa shape index (κ3) is 9.61. The first-order chi connectivity index (χ1) is 2.64. The predicted molar refractivity (Wildman–Crippen MR) is 32.7 cm³/mol. The summed E-state index contributed by atoms with van der Waals surface area (Å²) < 4.78 is 22.2. The van der Waals surface area contributed by atoms with Gasteiger partial charge in [-0.25, -0.2) is 8.78 Å². The number of alkyl halides is 2. The van der Waals surface area contributed by atoms with Gasteiger partial charge in [0.15, 0.2) is 12.6 Å². The minimum Gasteiger partial charge on any atom is -0.298 e. The summed E-state index contributed by atoms with van der Waals surface area (Å²) in [7, 11) is 0. The molecular weight excluding hydrogens is 161 g/mol. The zero-order valence-corrected chi connectivity index (χ0v) is 5.51. The summed E-state index contributed by atoms with van der Waals surface area (Å²) in [4.78, 5) is 0. The van der Waals surface area contributed by atoms with Gasteiger partial charge in [0.05, 0.1) is 0 Å². The standard InChI is InChI=1S/C2H6F2N2.2ClH/c3-1(5)2(4)6;;/h1-2H,5-6H2;2*1H. The average Bonchev–Trinajstić information content (AvgIpc) is 1.36. The monoisotopic (exact) mass is 168 g/mol. The van der Waals surface area contributed by atoms with E-state index in [1.54, 1.807) is 0 Å². The van der Waals surface area contributed by atoms with Crippen LogP contribution < -0.4 is 11.5 Å². The van der Waals surface area contributed by atoms with Crippen molar-refractivity contribution in [2.45, 2.75) is 12.6 Å². The Morgan fingerprint density at radius 3 is 1.00 bits per heavy atom. The molecule has 0 bridgehead atoms. The number of hydrogen-bond acceptors (Lipinski definition) is 2. The highest BCUT2D eigenvalue weighted by atomic mass is 35.5. The van der Waals surface area contributed by atoms with Crippen LogP contribution in [0.15, 0.2) is 0 Å². The average molecular weight is 169 g/mol. The lowest BCUT2D eigenvalue weighted by molar-refractivity contribution is 0.178. The van der Waals surface area contributed by atoms with Crippen molar-refractivity contribution in [3.8, 4) is 0 Å². The second-order valence-corrected chi connectivity index (χ2v) is 0.889. The molecule has 0 saturated carbocycles. The van der Waals surface area contributed by atoms with Crippen molar-refractivity contribution >= 4 is 24.8 Å². The van der Waals surface area contributed by atoms with Crippen molar-refractivity contribution in [1.29, 1.82) is 0 Å². The summed E-state index contributed by atoms with van der Waals surface area (Å²) in [6.45, 7) is 0. The smallest absolute Gasteiger partial charge is 0.193 e. The highest BCUT2D eigenvalue weighted by molar-refractivity contribution is 5.85. The minimum atomic E-state index is -2.04. The van der Waals surface area contributed by atoms with Crippen LogP contribution in [0.1, 0.15) is 0 Å². The molecule has 0 aromatic carbocycles. The fraction of sp³-hybridized carbons (Fsp3) is 1.00. The molecule has 6 heteroatoms. The van der Waals surface area contributed by atoms with Gasteiger partial charge in [-0.15, -0.1) is 24.8 Å². The number of nitrogens with two attached hydrogens (primary N) is 2. The van der Waals surface area contributed by atoms with E-state index in [0.717, 1.165) is 0 Å². The second kappa shape index (κ2) is 7.36. The van der Waals surface area contributed by atoms with Gasteiger partial charge in [-0.1, -0.05) is 0 Å². The molecule has 2 nitrogen and oxygen atoms in total. The van der Waals surface area contributed by atoms with Crippen LogP contribution >= 0.6 is 24.8 Å². The van der Waals surface area contributed by atoms with Crippen molar-refractivity contribution in [3.63, 3.8) is 0 Å². The topological polar surface area (TPSA) is 52.0 Å². The van der Waals surface area contributed by atoms with E-state index in [9.17, 15) is 8.78 Å². The molecule has 0 aliphatic rings. The molecule has 0 aliphatic heterocycles. The van der Waals surface area contributed by atoms with Gasteiger partial charge in [-0.3, -0.25) is 11.5 Å². The summed E-state index contributed by atoms with van der Waals surface area (Å²) >= 11 is 0. The first kappa shape index (κ1) is 15.8. The first-order valence-electron chi connectivity index (χ1n) is 1.44. The van der Waals surface area contributed by atoms with Gasteiger partial charge in [-0.05, 0) is 0 Å². The summed E-state index contributed by atoms with van der Waals surface area (Å²) in [6.07, 6.45) is -4.07. The van der Waals surface area contributed by atoms with E-state index in [-0.39, 0.29) is 24.8 Å². The van der Waals surface area contributed by atoms with Crippen LogP contribution in [0.5, 0.6) is 0 Å². The van der Waals surface area contributed by atoms with Crippen LogP contribution in [-0.4, -0.2) is 12.6 Å².